The highest BCUT2D eigenvalue weighted by molar-refractivity contribution is 5.96. The maximum Gasteiger partial charge on any atom is 0.227 e. The summed E-state index contributed by atoms with van der Waals surface area (Å²) in [4.78, 5) is 17.4. The largest absolute Gasteiger partial charge is 0.311 e. The number of hydrogen-bond acceptors (Lipinski definition) is 2. The van der Waals surface area contributed by atoms with Gasteiger partial charge in [0.05, 0.1) is 0 Å². The van der Waals surface area contributed by atoms with Crippen molar-refractivity contribution in [2.45, 2.75) is 38.0 Å². The van der Waals surface area contributed by atoms with E-state index in [9.17, 15) is 9.18 Å². The molecule has 0 aromatic heterocycles. The lowest BCUT2D eigenvalue weighted by Gasteiger charge is -2.39. The van der Waals surface area contributed by atoms with Crippen LogP contribution in [0.3, 0.4) is 0 Å². The first-order chi connectivity index (χ1) is 13.1. The maximum absolute atomic E-state index is 14.0. The van der Waals surface area contributed by atoms with Crippen molar-refractivity contribution in [1.82, 2.24) is 4.90 Å². The van der Waals surface area contributed by atoms with Gasteiger partial charge in [0.15, 0.2) is 0 Å². The van der Waals surface area contributed by atoms with E-state index in [1.807, 2.05) is 23.1 Å². The van der Waals surface area contributed by atoms with E-state index in [2.05, 4.69) is 24.0 Å². The number of likely N-dealkylation sites (tertiary alicyclic amines) is 1. The summed E-state index contributed by atoms with van der Waals surface area (Å²) >= 11 is 0. The number of rotatable bonds is 4. The Morgan fingerprint density at radius 2 is 1.85 bits per heavy atom. The normalized spacial score (nSPS) is 18.7. The first kappa shape index (κ1) is 18.2. The van der Waals surface area contributed by atoms with E-state index < -0.39 is 0 Å². The van der Waals surface area contributed by atoms with Gasteiger partial charge in [0, 0.05) is 24.1 Å². The number of anilines is 1. The van der Waals surface area contributed by atoms with Gasteiger partial charge in [-0.3, -0.25) is 4.79 Å². The molecule has 142 valence electrons. The predicted octanol–water partition coefficient (Wildman–Crippen LogP) is 4.16. The van der Waals surface area contributed by atoms with Crippen LogP contribution >= 0.6 is 0 Å². The van der Waals surface area contributed by atoms with Crippen molar-refractivity contribution in [2.75, 3.05) is 31.1 Å². The molecule has 0 unspecified atom stereocenters. The summed E-state index contributed by atoms with van der Waals surface area (Å²) in [6.07, 6.45) is 3.20. The van der Waals surface area contributed by atoms with Crippen molar-refractivity contribution < 1.29 is 9.18 Å². The fraction of sp³-hybridized carbons (Fsp3) is 0.435. The van der Waals surface area contributed by atoms with Gasteiger partial charge in [-0.05, 0) is 68.2 Å². The number of fused-ring (bicyclic) bond motifs is 2. The zero-order chi connectivity index (χ0) is 18.9. The number of aryl methyl sites for hydroxylation is 1. The van der Waals surface area contributed by atoms with Gasteiger partial charge in [0.1, 0.15) is 5.82 Å². The fourth-order valence-corrected chi connectivity index (χ4v) is 4.62. The molecule has 2 aromatic carbocycles. The van der Waals surface area contributed by atoms with Crippen LogP contribution in [0, 0.1) is 5.82 Å². The molecule has 1 saturated heterocycles. The third-order valence-corrected chi connectivity index (χ3v) is 6.31. The van der Waals surface area contributed by atoms with Crippen molar-refractivity contribution in [1.29, 1.82) is 0 Å². The molecule has 3 nitrogen and oxygen atoms in total. The molecule has 0 radical (unpaired) electrons. The Morgan fingerprint density at radius 1 is 1.11 bits per heavy atom. The Hall–Kier alpha value is -2.20. The highest BCUT2D eigenvalue weighted by atomic mass is 19.1. The molecule has 2 aromatic rings. The fourth-order valence-electron chi connectivity index (χ4n) is 4.62. The minimum Gasteiger partial charge on any atom is -0.311 e. The molecule has 1 fully saturated rings. The second-order valence-electron chi connectivity index (χ2n) is 7.84. The number of carbonyl (C=O) groups is 1. The first-order valence-electron chi connectivity index (χ1n) is 9.98. The highest BCUT2D eigenvalue weighted by Gasteiger charge is 2.46. The minimum absolute atomic E-state index is 0.0918. The van der Waals surface area contributed by atoms with Crippen LogP contribution in [-0.2, 0) is 16.6 Å². The third kappa shape index (κ3) is 3.51. The van der Waals surface area contributed by atoms with Crippen LogP contribution < -0.4 is 4.90 Å². The Morgan fingerprint density at radius 3 is 2.56 bits per heavy atom. The SMILES string of the molecule is CCN1CCC2(CC1)CN(C(=O)CCc1ccccc1)c1ccc(F)cc12. The van der Waals surface area contributed by atoms with Gasteiger partial charge >= 0.3 is 0 Å². The molecule has 2 aliphatic rings. The molecule has 0 bridgehead atoms. The van der Waals surface area contributed by atoms with Crippen LogP contribution in [0.1, 0.15) is 37.3 Å². The number of amides is 1. The number of nitrogens with zero attached hydrogens (tertiary/aromatic N) is 2. The van der Waals surface area contributed by atoms with E-state index in [4.69, 9.17) is 0 Å². The van der Waals surface area contributed by atoms with Crippen LogP contribution in [0.25, 0.3) is 0 Å². The summed E-state index contributed by atoms with van der Waals surface area (Å²) in [6, 6.07) is 15.1. The van der Waals surface area contributed by atoms with E-state index in [-0.39, 0.29) is 17.1 Å². The Kier molecular flexibility index (Phi) is 5.00. The van der Waals surface area contributed by atoms with Crippen molar-refractivity contribution in [3.8, 4) is 0 Å². The molecule has 0 saturated carbocycles. The van der Waals surface area contributed by atoms with Crippen molar-refractivity contribution in [2.24, 2.45) is 0 Å². The number of hydrogen-bond donors (Lipinski definition) is 0. The zero-order valence-corrected chi connectivity index (χ0v) is 16.0. The van der Waals surface area contributed by atoms with E-state index in [0.29, 0.717) is 13.0 Å². The van der Waals surface area contributed by atoms with Crippen molar-refractivity contribution >= 4 is 11.6 Å². The van der Waals surface area contributed by atoms with E-state index in [1.165, 1.54) is 11.6 Å². The summed E-state index contributed by atoms with van der Waals surface area (Å²) in [5.74, 6) is -0.0638. The molecular weight excluding hydrogens is 339 g/mol. The van der Waals surface area contributed by atoms with Crippen molar-refractivity contribution in [3.63, 3.8) is 0 Å². The van der Waals surface area contributed by atoms with E-state index in [0.717, 1.165) is 50.1 Å². The van der Waals surface area contributed by atoms with Crippen LogP contribution in [0.5, 0.6) is 0 Å². The molecule has 2 aliphatic heterocycles. The monoisotopic (exact) mass is 366 g/mol. The molecule has 4 heteroatoms. The van der Waals surface area contributed by atoms with Gasteiger partial charge in [0.2, 0.25) is 5.91 Å². The molecule has 4 rings (SSSR count). The molecule has 1 amide bonds. The lowest BCUT2D eigenvalue weighted by molar-refractivity contribution is -0.118. The van der Waals surface area contributed by atoms with Gasteiger partial charge < -0.3 is 9.80 Å². The Bertz CT molecular complexity index is 812. The molecule has 27 heavy (non-hydrogen) atoms. The minimum atomic E-state index is -0.204. The summed E-state index contributed by atoms with van der Waals surface area (Å²) in [5.41, 5.74) is 3.03. The Balaban J connectivity index is 1.55. The van der Waals surface area contributed by atoms with Crippen LogP contribution in [0.4, 0.5) is 10.1 Å². The predicted molar refractivity (Wildman–Crippen MR) is 107 cm³/mol. The second-order valence-corrected chi connectivity index (χ2v) is 7.84. The lowest BCUT2D eigenvalue weighted by atomic mass is 9.74. The van der Waals surface area contributed by atoms with Gasteiger partial charge in [-0.25, -0.2) is 4.39 Å². The molecular formula is C23H27FN2O. The third-order valence-electron chi connectivity index (χ3n) is 6.31. The summed E-state index contributed by atoms with van der Waals surface area (Å²) in [5, 5.41) is 0. The number of benzene rings is 2. The second kappa shape index (κ2) is 7.43. The number of halogens is 1. The smallest absolute Gasteiger partial charge is 0.227 e. The standard InChI is InChI=1S/C23H27FN2O/c1-2-25-14-12-23(13-15-25)17-26(21-10-9-19(24)16-20(21)23)22(27)11-8-18-6-4-3-5-7-18/h3-7,9-10,16H,2,8,11-15,17H2,1H3. The van der Waals surface area contributed by atoms with E-state index >= 15 is 0 Å². The van der Waals surface area contributed by atoms with Gasteiger partial charge in [-0.2, -0.15) is 0 Å². The summed E-state index contributed by atoms with van der Waals surface area (Å²) in [6.45, 7) is 5.94. The first-order valence-corrected chi connectivity index (χ1v) is 9.98. The summed E-state index contributed by atoms with van der Waals surface area (Å²) in [7, 11) is 0. The van der Waals surface area contributed by atoms with E-state index in [1.54, 1.807) is 12.1 Å². The van der Waals surface area contributed by atoms with Crippen LogP contribution in [0.2, 0.25) is 0 Å². The average molecular weight is 366 g/mol. The van der Waals surface area contributed by atoms with Crippen molar-refractivity contribution in [3.05, 3.63) is 65.5 Å². The van der Waals surface area contributed by atoms with Gasteiger partial charge in [-0.1, -0.05) is 37.3 Å². The van der Waals surface area contributed by atoms with Crippen LogP contribution in [0.15, 0.2) is 48.5 Å². The number of carbonyl (C=O) groups excluding carboxylic acids is 1. The van der Waals surface area contributed by atoms with Crippen LogP contribution in [-0.4, -0.2) is 37.0 Å². The average Bonchev–Trinajstić information content (AvgIpc) is 3.01. The van der Waals surface area contributed by atoms with Gasteiger partial charge in [0.25, 0.3) is 0 Å². The topological polar surface area (TPSA) is 23.6 Å². The number of piperidine rings is 1. The molecule has 2 heterocycles. The maximum atomic E-state index is 14.0. The zero-order valence-electron chi connectivity index (χ0n) is 16.0. The molecule has 1 spiro atoms. The molecule has 0 N–H and O–H groups in total. The highest BCUT2D eigenvalue weighted by Crippen LogP contribution is 2.47. The molecule has 0 atom stereocenters. The van der Waals surface area contributed by atoms with Gasteiger partial charge in [-0.15, -0.1) is 0 Å². The Labute approximate surface area is 160 Å². The quantitative estimate of drug-likeness (QED) is 0.811. The summed E-state index contributed by atoms with van der Waals surface area (Å²) < 4.78 is 14.0. The lowest BCUT2D eigenvalue weighted by Crippen LogP contribution is -2.46. The molecule has 0 aliphatic carbocycles.